The van der Waals surface area contributed by atoms with Crippen LogP contribution in [0.25, 0.3) is 23.1 Å². The summed E-state index contributed by atoms with van der Waals surface area (Å²) in [5.74, 6) is 0.722. The van der Waals surface area contributed by atoms with Crippen molar-refractivity contribution in [3.63, 3.8) is 0 Å². The van der Waals surface area contributed by atoms with Gasteiger partial charge in [-0.05, 0) is 61.4 Å². The summed E-state index contributed by atoms with van der Waals surface area (Å²) in [4.78, 5) is 45.0. The number of nitrogens with zero attached hydrogens (tertiary/aromatic N) is 2. The molecule has 46 heavy (non-hydrogen) atoms. The molecule has 0 spiro atoms. The maximum atomic E-state index is 14.2. The van der Waals surface area contributed by atoms with Crippen molar-refractivity contribution in [2.45, 2.75) is 19.9 Å². The van der Waals surface area contributed by atoms with Gasteiger partial charge in [-0.2, -0.15) is 0 Å². The second-order valence-corrected chi connectivity index (χ2v) is 11.4. The number of fused-ring (bicyclic) bond motifs is 1. The zero-order valence-corrected chi connectivity index (χ0v) is 26.4. The first-order chi connectivity index (χ1) is 22.3. The molecule has 232 valence electrons. The number of esters is 2. The van der Waals surface area contributed by atoms with Crippen LogP contribution in [0, 0.1) is 6.92 Å². The Morgan fingerprint density at radius 2 is 1.74 bits per heavy atom. The van der Waals surface area contributed by atoms with Gasteiger partial charge in [0.1, 0.15) is 17.3 Å². The van der Waals surface area contributed by atoms with Crippen LogP contribution in [-0.4, -0.2) is 37.3 Å². The van der Waals surface area contributed by atoms with Crippen LogP contribution < -0.4 is 19.6 Å². The molecule has 6 rings (SSSR count). The first-order valence-electron chi connectivity index (χ1n) is 14.5. The highest BCUT2D eigenvalue weighted by molar-refractivity contribution is 7.07. The van der Waals surface area contributed by atoms with Crippen molar-refractivity contribution in [1.82, 2.24) is 4.57 Å². The lowest BCUT2D eigenvalue weighted by Crippen LogP contribution is -2.40. The van der Waals surface area contributed by atoms with Crippen LogP contribution in [0.4, 0.5) is 0 Å². The molecule has 3 aromatic carbocycles. The number of hydrogen-bond acceptors (Lipinski definition) is 9. The molecule has 2 aromatic heterocycles. The van der Waals surface area contributed by atoms with E-state index in [-0.39, 0.29) is 17.7 Å². The van der Waals surface area contributed by atoms with Gasteiger partial charge in [-0.3, -0.25) is 9.36 Å². The molecule has 0 amide bonds. The molecule has 0 saturated heterocycles. The Hall–Kier alpha value is -5.48. The van der Waals surface area contributed by atoms with Crippen molar-refractivity contribution < 1.29 is 28.2 Å². The smallest absolute Gasteiger partial charge is 0.338 e. The quantitative estimate of drug-likeness (QED) is 0.213. The van der Waals surface area contributed by atoms with Crippen molar-refractivity contribution in [3.05, 3.63) is 138 Å². The lowest BCUT2D eigenvalue weighted by molar-refractivity contribution is -0.138. The second-order valence-electron chi connectivity index (χ2n) is 10.4. The lowest BCUT2D eigenvalue weighted by Gasteiger charge is -2.26. The number of ether oxygens (including phenoxy) is 3. The van der Waals surface area contributed by atoms with Crippen molar-refractivity contribution in [2.24, 2.45) is 4.99 Å². The molecule has 1 atom stereocenters. The molecule has 0 radical (unpaired) electrons. The van der Waals surface area contributed by atoms with Crippen LogP contribution in [0.2, 0.25) is 0 Å². The van der Waals surface area contributed by atoms with Gasteiger partial charge in [0.25, 0.3) is 5.56 Å². The van der Waals surface area contributed by atoms with Crippen molar-refractivity contribution in [3.8, 4) is 17.1 Å². The van der Waals surface area contributed by atoms with E-state index in [2.05, 4.69) is 0 Å². The zero-order valence-electron chi connectivity index (χ0n) is 25.6. The standard InChI is InChI=1S/C36H30N2O7S/c1-5-44-35(41)30-31(22-9-7-6-8-10-22)37-36-38(32(30)23-11-14-25(42-3)15-12-23)33(39)29(46-36)20-26-16-18-28(45-26)27-17-13-24(19-21(27)2)34(40)43-4/h6-20,32H,5H2,1-4H3/b29-20+/t32-/m0/s1. The SMILES string of the molecule is CCOC(=O)C1=C(c2ccccc2)N=c2s/c(=C/c3ccc(-c4ccc(C(=O)OC)cc4C)o3)c(=O)n2[C@H]1c1ccc(OC)cc1. The molecular weight excluding hydrogens is 604 g/mol. The van der Waals surface area contributed by atoms with E-state index < -0.39 is 18.0 Å². The number of benzene rings is 3. The minimum Gasteiger partial charge on any atom is -0.497 e. The van der Waals surface area contributed by atoms with Gasteiger partial charge >= 0.3 is 11.9 Å². The van der Waals surface area contributed by atoms with E-state index in [9.17, 15) is 14.4 Å². The van der Waals surface area contributed by atoms with Crippen LogP contribution in [0.5, 0.6) is 5.75 Å². The third-order valence-electron chi connectivity index (χ3n) is 7.62. The van der Waals surface area contributed by atoms with E-state index >= 15 is 0 Å². The van der Waals surface area contributed by atoms with Gasteiger partial charge in [0.2, 0.25) is 0 Å². The first-order valence-corrected chi connectivity index (χ1v) is 15.4. The van der Waals surface area contributed by atoms with E-state index in [0.717, 1.165) is 16.7 Å². The average molecular weight is 635 g/mol. The first kappa shape index (κ1) is 30.5. The second kappa shape index (κ2) is 12.9. The molecule has 0 N–H and O–H groups in total. The van der Waals surface area contributed by atoms with Gasteiger partial charge in [-0.1, -0.05) is 59.9 Å². The number of carbonyl (C=O) groups is 2. The van der Waals surface area contributed by atoms with Gasteiger partial charge in [0.15, 0.2) is 4.80 Å². The molecule has 5 aromatic rings. The maximum absolute atomic E-state index is 14.2. The monoisotopic (exact) mass is 634 g/mol. The maximum Gasteiger partial charge on any atom is 0.338 e. The van der Waals surface area contributed by atoms with Gasteiger partial charge in [0, 0.05) is 17.2 Å². The zero-order chi connectivity index (χ0) is 32.4. The van der Waals surface area contributed by atoms with Gasteiger partial charge in [-0.25, -0.2) is 14.6 Å². The molecule has 0 saturated carbocycles. The average Bonchev–Trinajstić information content (AvgIpc) is 3.67. The number of furan rings is 1. The highest BCUT2D eigenvalue weighted by Gasteiger charge is 2.35. The van der Waals surface area contributed by atoms with Gasteiger partial charge < -0.3 is 18.6 Å². The third-order valence-corrected chi connectivity index (χ3v) is 8.60. The number of rotatable bonds is 8. The summed E-state index contributed by atoms with van der Waals surface area (Å²) in [6.45, 7) is 3.79. The molecule has 9 nitrogen and oxygen atoms in total. The third kappa shape index (κ3) is 5.70. The molecule has 0 bridgehead atoms. The van der Waals surface area contributed by atoms with Gasteiger partial charge in [0.05, 0.1) is 48.2 Å². The largest absolute Gasteiger partial charge is 0.497 e. The Balaban J connectivity index is 1.51. The van der Waals surface area contributed by atoms with E-state index in [1.165, 1.54) is 23.0 Å². The normalized spacial score (nSPS) is 14.4. The lowest BCUT2D eigenvalue weighted by atomic mass is 9.93. The summed E-state index contributed by atoms with van der Waals surface area (Å²) in [5.41, 5.74) is 3.90. The summed E-state index contributed by atoms with van der Waals surface area (Å²) in [6, 6.07) is 24.7. The fourth-order valence-corrected chi connectivity index (χ4v) is 6.41. The molecule has 3 heterocycles. The summed E-state index contributed by atoms with van der Waals surface area (Å²) in [6.07, 6.45) is 1.67. The highest BCUT2D eigenvalue weighted by atomic mass is 32.1. The molecule has 0 unspecified atom stereocenters. The summed E-state index contributed by atoms with van der Waals surface area (Å²) in [5, 5.41) is 0. The Kier molecular flexibility index (Phi) is 8.54. The topological polar surface area (TPSA) is 109 Å². The number of thiazole rings is 1. The van der Waals surface area contributed by atoms with Crippen molar-refractivity contribution in [1.29, 1.82) is 0 Å². The number of carbonyl (C=O) groups excluding carboxylic acids is 2. The Bertz CT molecular complexity index is 2160. The van der Waals surface area contributed by atoms with E-state index in [1.54, 1.807) is 56.5 Å². The van der Waals surface area contributed by atoms with Crippen LogP contribution in [0.3, 0.4) is 0 Å². The van der Waals surface area contributed by atoms with Crippen molar-refractivity contribution in [2.75, 3.05) is 20.8 Å². The van der Waals surface area contributed by atoms with E-state index in [0.29, 0.717) is 43.4 Å². The number of methoxy groups -OCH3 is 2. The molecular formula is C36H30N2O7S. The minimum atomic E-state index is -0.804. The molecule has 0 fully saturated rings. The minimum absolute atomic E-state index is 0.163. The van der Waals surface area contributed by atoms with Crippen molar-refractivity contribution >= 4 is 35.0 Å². The van der Waals surface area contributed by atoms with Crippen LogP contribution >= 0.6 is 11.3 Å². The van der Waals surface area contributed by atoms with Crippen LogP contribution in [-0.2, 0) is 14.3 Å². The van der Waals surface area contributed by atoms with Gasteiger partial charge in [-0.15, -0.1) is 0 Å². The molecule has 1 aliphatic rings. The van der Waals surface area contributed by atoms with Crippen LogP contribution in [0.1, 0.15) is 45.8 Å². The fourth-order valence-electron chi connectivity index (χ4n) is 5.43. The highest BCUT2D eigenvalue weighted by Crippen LogP contribution is 2.36. The van der Waals surface area contributed by atoms with Crippen LogP contribution in [0.15, 0.2) is 105 Å². The van der Waals surface area contributed by atoms with E-state index in [1.807, 2.05) is 55.5 Å². The number of aromatic nitrogens is 1. The Morgan fingerprint density at radius 3 is 2.41 bits per heavy atom. The predicted molar refractivity (Wildman–Crippen MR) is 174 cm³/mol. The Morgan fingerprint density at radius 1 is 0.978 bits per heavy atom. The number of hydrogen-bond donors (Lipinski definition) is 0. The Labute approximate surface area is 268 Å². The molecule has 0 aliphatic carbocycles. The molecule has 10 heteroatoms. The molecule has 1 aliphatic heterocycles. The fraction of sp³-hybridized carbons (Fsp3) is 0.167. The summed E-state index contributed by atoms with van der Waals surface area (Å²) < 4.78 is 23.8. The van der Waals surface area contributed by atoms with E-state index in [4.69, 9.17) is 23.6 Å². The predicted octanol–water partition coefficient (Wildman–Crippen LogP) is 5.30. The number of aryl methyl sites for hydroxylation is 1. The summed E-state index contributed by atoms with van der Waals surface area (Å²) >= 11 is 1.21. The summed E-state index contributed by atoms with van der Waals surface area (Å²) in [7, 11) is 2.92.